The Labute approximate surface area is 187 Å². The molecule has 2 heterocycles. The molecular weight excluding hydrogens is 443 g/mol. The van der Waals surface area contributed by atoms with Gasteiger partial charge in [0.2, 0.25) is 5.43 Å². The van der Waals surface area contributed by atoms with Gasteiger partial charge in [-0.05, 0) is 36.8 Å². The molecule has 0 saturated carbocycles. The number of carbonyl (C=O) groups excluding carboxylic acids is 1. The molecule has 1 atom stereocenters. The maximum Gasteiger partial charge on any atom is 0.250 e. The number of fused-ring (bicyclic) bond motifs is 1. The topological polar surface area (TPSA) is 67.6 Å². The van der Waals surface area contributed by atoms with Crippen molar-refractivity contribution in [1.82, 2.24) is 14.7 Å². The highest BCUT2D eigenvalue weighted by atomic mass is 35.5. The van der Waals surface area contributed by atoms with Crippen molar-refractivity contribution in [2.24, 2.45) is 4.99 Å². The van der Waals surface area contributed by atoms with Gasteiger partial charge in [-0.1, -0.05) is 54.0 Å². The first kappa shape index (κ1) is 20.9. The zero-order valence-corrected chi connectivity index (χ0v) is 18.4. The summed E-state index contributed by atoms with van der Waals surface area (Å²) in [6.45, 7) is 2.05. The van der Waals surface area contributed by atoms with Crippen molar-refractivity contribution in [3.05, 3.63) is 68.9 Å². The number of aliphatic imine (C=N–C) groups is 1. The van der Waals surface area contributed by atoms with Crippen molar-refractivity contribution in [2.45, 2.75) is 25.9 Å². The van der Waals surface area contributed by atoms with Crippen LogP contribution in [0.4, 0.5) is 5.69 Å². The minimum absolute atomic E-state index is 0.0122. The van der Waals surface area contributed by atoms with Gasteiger partial charge >= 0.3 is 0 Å². The van der Waals surface area contributed by atoms with E-state index in [1.165, 1.54) is 18.0 Å². The predicted molar refractivity (Wildman–Crippen MR) is 123 cm³/mol. The number of amidine groups is 1. The molecule has 1 aliphatic rings. The largest absolute Gasteiger partial charge is 0.287 e. The molecule has 1 unspecified atom stereocenters. The highest BCUT2D eigenvalue weighted by molar-refractivity contribution is 8.14. The van der Waals surface area contributed by atoms with Crippen LogP contribution in [0.5, 0.6) is 0 Å². The van der Waals surface area contributed by atoms with Crippen LogP contribution in [0.25, 0.3) is 10.9 Å². The highest BCUT2D eigenvalue weighted by Gasteiger charge is 2.34. The molecule has 1 aromatic heterocycles. The summed E-state index contributed by atoms with van der Waals surface area (Å²) in [5, 5.41) is 6.20. The van der Waals surface area contributed by atoms with E-state index in [0.29, 0.717) is 31.8 Å². The van der Waals surface area contributed by atoms with E-state index in [9.17, 15) is 9.59 Å². The van der Waals surface area contributed by atoms with Gasteiger partial charge in [-0.2, -0.15) is 5.10 Å². The van der Waals surface area contributed by atoms with Gasteiger partial charge in [0.1, 0.15) is 6.54 Å². The Bertz CT molecular complexity index is 1210. The lowest BCUT2D eigenvalue weighted by atomic mass is 10.2. The first-order valence-electron chi connectivity index (χ1n) is 9.41. The maximum atomic E-state index is 13.3. The van der Waals surface area contributed by atoms with Gasteiger partial charge in [0.25, 0.3) is 5.91 Å². The standard InChI is InChI=1S/C21H18Cl2N4O2S/c1-2-14-12-30-21(25-13-7-8-16(22)17(23)9-13)27(14)20(29)11-26-18-6-4-3-5-15(18)19(28)10-24-26/h3-10,14H,2,11-12H2,1H3. The lowest BCUT2D eigenvalue weighted by Gasteiger charge is -2.23. The molecule has 0 N–H and O–H groups in total. The Hall–Kier alpha value is -2.35. The van der Waals surface area contributed by atoms with Gasteiger partial charge in [-0.3, -0.25) is 19.2 Å². The second-order valence-corrected chi connectivity index (χ2v) is 8.61. The maximum absolute atomic E-state index is 13.3. The van der Waals surface area contributed by atoms with Crippen molar-refractivity contribution >= 4 is 62.6 Å². The molecular formula is C21H18Cl2N4O2S. The summed E-state index contributed by atoms with van der Waals surface area (Å²) in [5.41, 5.74) is 1.09. The van der Waals surface area contributed by atoms with Gasteiger partial charge in [-0.25, -0.2) is 4.99 Å². The first-order chi connectivity index (χ1) is 14.5. The van der Waals surface area contributed by atoms with Gasteiger partial charge in [0.15, 0.2) is 5.17 Å². The normalized spacial score (nSPS) is 17.8. The van der Waals surface area contributed by atoms with Crippen LogP contribution in [-0.2, 0) is 11.3 Å². The summed E-state index contributed by atoms with van der Waals surface area (Å²) < 4.78 is 1.56. The number of nitrogens with zero attached hydrogens (tertiary/aromatic N) is 4. The van der Waals surface area contributed by atoms with Crippen LogP contribution in [-0.4, -0.2) is 37.5 Å². The van der Waals surface area contributed by atoms with Gasteiger partial charge < -0.3 is 0 Å². The summed E-state index contributed by atoms with van der Waals surface area (Å²) >= 11 is 13.6. The third kappa shape index (κ3) is 4.10. The fraction of sp³-hybridized carbons (Fsp3) is 0.238. The molecule has 0 spiro atoms. The van der Waals surface area contributed by atoms with E-state index >= 15 is 0 Å². The van der Waals surface area contributed by atoms with E-state index in [1.807, 2.05) is 13.0 Å². The van der Waals surface area contributed by atoms with Gasteiger partial charge in [-0.15, -0.1) is 0 Å². The summed E-state index contributed by atoms with van der Waals surface area (Å²) in [6, 6.07) is 12.3. The summed E-state index contributed by atoms with van der Waals surface area (Å²) in [4.78, 5) is 31.7. The van der Waals surface area contributed by atoms with Crippen LogP contribution < -0.4 is 5.43 Å². The zero-order valence-electron chi connectivity index (χ0n) is 16.1. The molecule has 2 aromatic carbocycles. The SMILES string of the molecule is CCC1CSC(=Nc2ccc(Cl)c(Cl)c2)N1C(=O)Cn1ncc(=O)c2ccccc21. The van der Waals surface area contributed by atoms with Crippen LogP contribution in [0.2, 0.25) is 10.0 Å². The third-order valence-electron chi connectivity index (χ3n) is 4.89. The van der Waals surface area contributed by atoms with Crippen LogP contribution in [0, 0.1) is 0 Å². The number of aromatic nitrogens is 2. The Kier molecular flexibility index (Phi) is 6.13. The number of para-hydroxylation sites is 1. The fourth-order valence-electron chi connectivity index (χ4n) is 3.32. The first-order valence-corrected chi connectivity index (χ1v) is 11.2. The zero-order chi connectivity index (χ0) is 21.3. The second kappa shape index (κ2) is 8.79. The Morgan fingerprint density at radius 3 is 2.80 bits per heavy atom. The van der Waals surface area contributed by atoms with Gasteiger partial charge in [0.05, 0.1) is 27.4 Å². The molecule has 0 aliphatic carbocycles. The average molecular weight is 461 g/mol. The predicted octanol–water partition coefficient (Wildman–Crippen LogP) is 4.75. The van der Waals surface area contributed by atoms with Crippen LogP contribution in [0.3, 0.4) is 0 Å². The Morgan fingerprint density at radius 2 is 2.03 bits per heavy atom. The molecule has 4 rings (SSSR count). The van der Waals surface area contributed by atoms with Crippen molar-refractivity contribution < 1.29 is 4.79 Å². The summed E-state index contributed by atoms with van der Waals surface area (Å²) in [6.07, 6.45) is 2.05. The molecule has 1 saturated heterocycles. The van der Waals surface area contributed by atoms with E-state index in [-0.39, 0.29) is 23.9 Å². The molecule has 3 aromatic rings. The molecule has 0 radical (unpaired) electrons. The minimum Gasteiger partial charge on any atom is -0.287 e. The number of hydrogen-bond acceptors (Lipinski definition) is 5. The lowest BCUT2D eigenvalue weighted by Crippen LogP contribution is -2.41. The van der Waals surface area contributed by atoms with E-state index in [1.54, 1.807) is 46.0 Å². The van der Waals surface area contributed by atoms with Crippen LogP contribution in [0.1, 0.15) is 13.3 Å². The monoisotopic (exact) mass is 460 g/mol. The molecule has 30 heavy (non-hydrogen) atoms. The molecule has 0 bridgehead atoms. The molecule has 6 nitrogen and oxygen atoms in total. The van der Waals surface area contributed by atoms with E-state index < -0.39 is 0 Å². The highest BCUT2D eigenvalue weighted by Crippen LogP contribution is 2.32. The Morgan fingerprint density at radius 1 is 1.23 bits per heavy atom. The van der Waals surface area contributed by atoms with E-state index in [4.69, 9.17) is 23.2 Å². The third-order valence-corrected chi connectivity index (χ3v) is 6.73. The molecule has 154 valence electrons. The number of thioether (sulfide) groups is 1. The average Bonchev–Trinajstić information content (AvgIpc) is 3.15. The van der Waals surface area contributed by atoms with Crippen molar-refractivity contribution in [3.8, 4) is 0 Å². The summed E-state index contributed by atoms with van der Waals surface area (Å²) in [7, 11) is 0. The number of benzene rings is 2. The number of hydrogen-bond donors (Lipinski definition) is 0. The van der Waals surface area contributed by atoms with Crippen LogP contribution >= 0.6 is 35.0 Å². The van der Waals surface area contributed by atoms with Gasteiger partial charge in [0, 0.05) is 17.2 Å². The van der Waals surface area contributed by atoms with Crippen molar-refractivity contribution in [3.63, 3.8) is 0 Å². The number of halogens is 2. The van der Waals surface area contributed by atoms with Crippen molar-refractivity contribution in [1.29, 1.82) is 0 Å². The molecule has 1 fully saturated rings. The minimum atomic E-state index is -0.167. The fourth-order valence-corrected chi connectivity index (χ4v) is 4.90. The smallest absolute Gasteiger partial charge is 0.250 e. The quantitative estimate of drug-likeness (QED) is 0.563. The van der Waals surface area contributed by atoms with Crippen LogP contribution in [0.15, 0.2) is 58.4 Å². The Balaban J connectivity index is 1.67. The number of carbonyl (C=O) groups is 1. The number of rotatable bonds is 4. The van der Waals surface area contributed by atoms with E-state index in [0.717, 1.165) is 12.2 Å². The second-order valence-electron chi connectivity index (χ2n) is 6.81. The lowest BCUT2D eigenvalue weighted by molar-refractivity contribution is -0.129. The van der Waals surface area contributed by atoms with Crippen molar-refractivity contribution in [2.75, 3.05) is 5.75 Å². The molecule has 1 amide bonds. The number of amides is 1. The molecule has 1 aliphatic heterocycles. The molecule has 9 heteroatoms. The van der Waals surface area contributed by atoms with E-state index in [2.05, 4.69) is 10.1 Å². The summed E-state index contributed by atoms with van der Waals surface area (Å²) in [5.74, 6) is 0.632.